The van der Waals surface area contributed by atoms with Gasteiger partial charge in [-0.25, -0.2) is 9.78 Å². The predicted molar refractivity (Wildman–Crippen MR) is 161 cm³/mol. The van der Waals surface area contributed by atoms with Crippen molar-refractivity contribution in [2.24, 2.45) is 5.92 Å². The number of amides is 3. The Bertz CT molecular complexity index is 1150. The van der Waals surface area contributed by atoms with Crippen molar-refractivity contribution in [3.8, 4) is 0 Å². The van der Waals surface area contributed by atoms with E-state index in [0.717, 1.165) is 42.8 Å². The normalized spacial score (nSPS) is 12.8. The summed E-state index contributed by atoms with van der Waals surface area (Å²) in [5.74, 6) is 0.176. The fraction of sp³-hybridized carbons (Fsp3) is 0.469. The lowest BCUT2D eigenvalue weighted by atomic mass is 9.97. The highest BCUT2D eigenvalue weighted by Gasteiger charge is 2.27. The number of unbranched alkanes of at least 4 members (excludes halogenated alkanes) is 1. The van der Waals surface area contributed by atoms with E-state index in [1.165, 1.54) is 11.1 Å². The van der Waals surface area contributed by atoms with E-state index < -0.39 is 6.04 Å². The smallest absolute Gasteiger partial charge is 0.318 e. The molecule has 0 aliphatic heterocycles. The summed E-state index contributed by atoms with van der Waals surface area (Å²) < 4.78 is 0. The van der Waals surface area contributed by atoms with Crippen LogP contribution in [0.15, 0.2) is 66.0 Å². The zero-order valence-corrected chi connectivity index (χ0v) is 24.8. The Morgan fingerprint density at radius 1 is 0.897 bits per heavy atom. The summed E-state index contributed by atoms with van der Waals surface area (Å²) in [5, 5.41) is 9.31. The molecule has 1 aromatic heterocycles. The Morgan fingerprint density at radius 2 is 1.54 bits per heavy atom. The van der Waals surface area contributed by atoms with Crippen molar-refractivity contribution in [2.75, 3.05) is 7.05 Å². The van der Waals surface area contributed by atoms with E-state index in [-0.39, 0.29) is 23.9 Å². The van der Waals surface area contributed by atoms with Crippen LogP contribution in [0.25, 0.3) is 0 Å². The fourth-order valence-corrected chi connectivity index (χ4v) is 5.36. The fourth-order valence-electron chi connectivity index (χ4n) is 4.53. The maximum atomic E-state index is 13.5. The minimum absolute atomic E-state index is 0.00369. The molecule has 0 fully saturated rings. The molecular formula is C32H44N4O2S. The molecule has 0 saturated carbocycles. The number of benzene rings is 2. The highest BCUT2D eigenvalue weighted by atomic mass is 32.1. The molecule has 0 unspecified atom stereocenters. The van der Waals surface area contributed by atoms with E-state index >= 15 is 0 Å². The van der Waals surface area contributed by atoms with E-state index in [1.54, 1.807) is 23.3 Å². The third-order valence-electron chi connectivity index (χ3n) is 6.82. The molecule has 0 radical (unpaired) electrons. The van der Waals surface area contributed by atoms with Crippen molar-refractivity contribution in [3.05, 3.63) is 87.9 Å². The first-order valence-corrected chi connectivity index (χ1v) is 14.9. The number of aryl methyl sites for hydroxylation is 1. The largest absolute Gasteiger partial charge is 0.351 e. The van der Waals surface area contributed by atoms with Crippen LogP contribution in [0.3, 0.4) is 0 Å². The lowest BCUT2D eigenvalue weighted by molar-refractivity contribution is -0.124. The molecule has 0 bridgehead atoms. The number of thiazole rings is 1. The highest BCUT2D eigenvalue weighted by molar-refractivity contribution is 7.09. The number of carbonyl (C=O) groups is 2. The van der Waals surface area contributed by atoms with E-state index in [0.29, 0.717) is 12.5 Å². The molecule has 0 aliphatic carbocycles. The van der Waals surface area contributed by atoms with Crippen LogP contribution in [0.4, 0.5) is 4.79 Å². The van der Waals surface area contributed by atoms with Crippen molar-refractivity contribution in [3.63, 3.8) is 0 Å². The molecule has 3 aromatic rings. The Kier molecular flexibility index (Phi) is 12.0. The summed E-state index contributed by atoms with van der Waals surface area (Å²) in [6, 6.07) is 19.9. The topological polar surface area (TPSA) is 74.3 Å². The lowest BCUT2D eigenvalue weighted by Gasteiger charge is -2.27. The van der Waals surface area contributed by atoms with Gasteiger partial charge in [-0.05, 0) is 42.7 Å². The van der Waals surface area contributed by atoms with Crippen LogP contribution >= 0.6 is 11.3 Å². The van der Waals surface area contributed by atoms with E-state index in [2.05, 4.69) is 65.9 Å². The van der Waals surface area contributed by atoms with Gasteiger partial charge < -0.3 is 15.5 Å². The summed E-state index contributed by atoms with van der Waals surface area (Å²) in [6.07, 6.45) is 4.75. The number of hydrogen-bond acceptors (Lipinski definition) is 4. The average Bonchev–Trinajstić information content (AvgIpc) is 3.39. The minimum atomic E-state index is -0.621. The van der Waals surface area contributed by atoms with Gasteiger partial charge >= 0.3 is 6.03 Å². The first-order chi connectivity index (χ1) is 18.7. The van der Waals surface area contributed by atoms with E-state index in [1.807, 2.05) is 43.5 Å². The van der Waals surface area contributed by atoms with Gasteiger partial charge in [-0.1, -0.05) is 94.8 Å². The monoisotopic (exact) mass is 548 g/mol. The first-order valence-electron chi connectivity index (χ1n) is 14.1. The quantitative estimate of drug-likeness (QED) is 0.224. The number of rotatable bonds is 14. The Hall–Kier alpha value is -3.19. The van der Waals surface area contributed by atoms with Crippen molar-refractivity contribution < 1.29 is 9.59 Å². The van der Waals surface area contributed by atoms with Crippen LogP contribution in [0.5, 0.6) is 0 Å². The number of urea groups is 1. The van der Waals surface area contributed by atoms with Crippen molar-refractivity contribution in [1.29, 1.82) is 0 Å². The van der Waals surface area contributed by atoms with Gasteiger partial charge in [-0.15, -0.1) is 11.3 Å². The number of carbonyl (C=O) groups excluding carboxylic acids is 2. The molecule has 39 heavy (non-hydrogen) atoms. The van der Waals surface area contributed by atoms with Crippen molar-refractivity contribution >= 4 is 23.3 Å². The molecule has 0 saturated heterocycles. The standard InChI is InChI=1S/C32H44N4O2S/c1-23(2)29(35-32(38)36(5)21-28-22-39-31(34-28)24(3)4)30(37)33-27(20-26-17-10-7-11-18-26)19-13-12-16-25-14-8-6-9-15-25/h6-11,14-15,17-18,22-24,27,29H,12-13,16,19-21H2,1-5H3,(H,33,37)(H,35,38)/t27-,29+/m1/s1. The van der Waals surface area contributed by atoms with Gasteiger partial charge in [0.15, 0.2) is 0 Å². The average molecular weight is 549 g/mol. The molecule has 6 nitrogen and oxygen atoms in total. The SMILES string of the molecule is CC(C)c1nc(CN(C)C(=O)N[C@H](C(=O)N[C@H](CCCCc2ccccc2)Cc2ccccc2)C(C)C)cs1. The summed E-state index contributed by atoms with van der Waals surface area (Å²) in [5.41, 5.74) is 3.40. The molecule has 3 amide bonds. The molecule has 2 aromatic carbocycles. The Labute approximate surface area is 238 Å². The third-order valence-corrected chi connectivity index (χ3v) is 8.01. The zero-order valence-electron chi connectivity index (χ0n) is 24.0. The van der Waals surface area contributed by atoms with Crippen LogP contribution in [0.1, 0.15) is 74.7 Å². The molecule has 0 spiro atoms. The maximum absolute atomic E-state index is 13.5. The summed E-state index contributed by atoms with van der Waals surface area (Å²) in [6.45, 7) is 8.55. The number of aromatic nitrogens is 1. The molecule has 1 heterocycles. The lowest BCUT2D eigenvalue weighted by Crippen LogP contribution is -2.54. The summed E-state index contributed by atoms with van der Waals surface area (Å²) in [4.78, 5) is 32.7. The minimum Gasteiger partial charge on any atom is -0.351 e. The van der Waals surface area contributed by atoms with Gasteiger partial charge in [0.1, 0.15) is 6.04 Å². The Balaban J connectivity index is 1.59. The van der Waals surface area contributed by atoms with Gasteiger partial charge in [-0.3, -0.25) is 4.79 Å². The maximum Gasteiger partial charge on any atom is 0.318 e. The van der Waals surface area contributed by atoms with Crippen LogP contribution in [-0.2, 0) is 24.2 Å². The van der Waals surface area contributed by atoms with Gasteiger partial charge in [0.2, 0.25) is 5.91 Å². The Morgan fingerprint density at radius 3 is 2.13 bits per heavy atom. The molecule has 2 atom stereocenters. The predicted octanol–water partition coefficient (Wildman–Crippen LogP) is 6.57. The van der Waals surface area contributed by atoms with Crippen LogP contribution in [0.2, 0.25) is 0 Å². The van der Waals surface area contributed by atoms with Crippen LogP contribution in [-0.4, -0.2) is 41.0 Å². The molecular weight excluding hydrogens is 504 g/mol. The second kappa shape index (κ2) is 15.4. The van der Waals surface area contributed by atoms with Gasteiger partial charge in [0.05, 0.1) is 17.2 Å². The second-order valence-electron chi connectivity index (χ2n) is 11.0. The van der Waals surface area contributed by atoms with Gasteiger partial charge in [0.25, 0.3) is 0 Å². The first kappa shape index (κ1) is 30.4. The molecule has 3 rings (SSSR count). The molecule has 7 heteroatoms. The van der Waals surface area contributed by atoms with E-state index in [9.17, 15) is 9.59 Å². The van der Waals surface area contributed by atoms with Crippen LogP contribution in [0, 0.1) is 5.92 Å². The molecule has 0 aliphatic rings. The van der Waals surface area contributed by atoms with E-state index in [4.69, 9.17) is 0 Å². The number of nitrogens with one attached hydrogen (secondary N) is 2. The van der Waals surface area contributed by atoms with Gasteiger partial charge in [-0.2, -0.15) is 0 Å². The summed E-state index contributed by atoms with van der Waals surface area (Å²) in [7, 11) is 1.74. The zero-order chi connectivity index (χ0) is 28.2. The molecule has 2 N–H and O–H groups in total. The van der Waals surface area contributed by atoms with Crippen LogP contribution < -0.4 is 10.6 Å². The molecule has 210 valence electrons. The summed E-state index contributed by atoms with van der Waals surface area (Å²) >= 11 is 1.62. The highest BCUT2D eigenvalue weighted by Crippen LogP contribution is 2.20. The number of hydrogen-bond donors (Lipinski definition) is 2. The third kappa shape index (κ3) is 10.1. The second-order valence-corrected chi connectivity index (χ2v) is 11.9. The van der Waals surface area contributed by atoms with Gasteiger partial charge in [0, 0.05) is 24.4 Å². The number of nitrogens with zero attached hydrogens (tertiary/aromatic N) is 2. The van der Waals surface area contributed by atoms with Crippen molar-refractivity contribution in [2.45, 2.75) is 84.3 Å². The van der Waals surface area contributed by atoms with Crippen molar-refractivity contribution in [1.82, 2.24) is 20.5 Å².